The molecule has 2 rings (SSSR count). The number of carboxylic acids is 1. The summed E-state index contributed by atoms with van der Waals surface area (Å²) in [5.41, 5.74) is 0.903. The maximum Gasteiger partial charge on any atom is 0.307 e. The van der Waals surface area contributed by atoms with Gasteiger partial charge in [0.25, 0.3) is 0 Å². The Morgan fingerprint density at radius 2 is 2.33 bits per heavy atom. The number of carbonyl (C=O) groups excluding carboxylic acids is 1. The van der Waals surface area contributed by atoms with Crippen LogP contribution in [0.2, 0.25) is 0 Å². The zero-order valence-corrected chi connectivity index (χ0v) is 13.2. The number of anilines is 1. The molecular formula is C14H21N3O3S. The van der Waals surface area contributed by atoms with Crippen LogP contribution in [0, 0.1) is 5.92 Å². The van der Waals surface area contributed by atoms with Crippen LogP contribution >= 0.6 is 11.3 Å². The van der Waals surface area contributed by atoms with E-state index in [1.807, 2.05) is 12.3 Å². The van der Waals surface area contributed by atoms with E-state index in [1.165, 1.54) is 18.3 Å². The molecule has 6 nitrogen and oxygen atoms in total. The number of nitrogens with zero attached hydrogens (tertiary/aromatic N) is 3. The van der Waals surface area contributed by atoms with Crippen molar-refractivity contribution < 1.29 is 14.7 Å². The molecule has 0 spiro atoms. The molecule has 1 aromatic heterocycles. The van der Waals surface area contributed by atoms with E-state index in [1.54, 1.807) is 4.90 Å². The van der Waals surface area contributed by atoms with Gasteiger partial charge in [0.05, 0.1) is 11.6 Å². The first-order chi connectivity index (χ1) is 10.0. The monoisotopic (exact) mass is 311 g/mol. The van der Waals surface area contributed by atoms with Crippen molar-refractivity contribution >= 4 is 28.3 Å². The number of carboxylic acid groups (broad SMARTS) is 1. The van der Waals surface area contributed by atoms with Crippen molar-refractivity contribution in [1.82, 2.24) is 9.88 Å². The van der Waals surface area contributed by atoms with Gasteiger partial charge in [-0.1, -0.05) is 0 Å². The number of aliphatic carboxylic acids is 1. The lowest BCUT2D eigenvalue weighted by Crippen LogP contribution is -2.38. The van der Waals surface area contributed by atoms with Crippen LogP contribution in [0.25, 0.3) is 0 Å². The van der Waals surface area contributed by atoms with Gasteiger partial charge in [0, 0.05) is 31.9 Å². The number of piperidine rings is 1. The van der Waals surface area contributed by atoms with E-state index in [-0.39, 0.29) is 11.8 Å². The molecule has 0 radical (unpaired) electrons. The van der Waals surface area contributed by atoms with Gasteiger partial charge in [-0.25, -0.2) is 4.98 Å². The summed E-state index contributed by atoms with van der Waals surface area (Å²) in [6.07, 6.45) is 1.66. The quantitative estimate of drug-likeness (QED) is 0.898. The topological polar surface area (TPSA) is 73.7 Å². The first-order valence-electron chi connectivity index (χ1n) is 7.19. The van der Waals surface area contributed by atoms with Crippen LogP contribution in [-0.2, 0) is 16.1 Å². The maximum atomic E-state index is 11.5. The summed E-state index contributed by atoms with van der Waals surface area (Å²) in [4.78, 5) is 30.9. The van der Waals surface area contributed by atoms with Crippen LogP contribution in [-0.4, -0.2) is 46.5 Å². The first kappa shape index (κ1) is 15.9. The van der Waals surface area contributed by atoms with Gasteiger partial charge in [0.1, 0.15) is 0 Å². The van der Waals surface area contributed by atoms with Crippen molar-refractivity contribution in [3.05, 3.63) is 11.1 Å². The highest BCUT2D eigenvalue weighted by atomic mass is 32.1. The molecule has 1 unspecified atom stereocenters. The second-order valence-electron chi connectivity index (χ2n) is 5.30. The SMILES string of the molecule is CCN(C(C)=O)c1nc(CN2CCCC(C(=O)O)C2)cs1. The number of amides is 1. The molecule has 116 valence electrons. The molecule has 1 aliphatic rings. The molecule has 1 aliphatic heterocycles. The van der Waals surface area contributed by atoms with E-state index < -0.39 is 5.97 Å². The molecule has 2 heterocycles. The minimum atomic E-state index is -0.715. The van der Waals surface area contributed by atoms with Gasteiger partial charge in [-0.15, -0.1) is 11.3 Å². The van der Waals surface area contributed by atoms with Gasteiger partial charge in [-0.2, -0.15) is 0 Å². The van der Waals surface area contributed by atoms with Crippen molar-refractivity contribution in [2.24, 2.45) is 5.92 Å². The van der Waals surface area contributed by atoms with Crippen molar-refractivity contribution in [3.8, 4) is 0 Å². The summed E-state index contributed by atoms with van der Waals surface area (Å²) < 4.78 is 0. The van der Waals surface area contributed by atoms with Crippen LogP contribution in [0.3, 0.4) is 0 Å². The minimum Gasteiger partial charge on any atom is -0.481 e. The van der Waals surface area contributed by atoms with Crippen LogP contribution in [0.4, 0.5) is 5.13 Å². The second kappa shape index (κ2) is 7.00. The first-order valence-corrected chi connectivity index (χ1v) is 8.07. The van der Waals surface area contributed by atoms with E-state index in [2.05, 4.69) is 9.88 Å². The van der Waals surface area contributed by atoms with E-state index in [0.717, 1.165) is 25.1 Å². The number of thiazole rings is 1. The maximum absolute atomic E-state index is 11.5. The third-order valence-corrected chi connectivity index (χ3v) is 4.62. The summed E-state index contributed by atoms with van der Waals surface area (Å²) in [5.74, 6) is -1.00. The zero-order valence-electron chi connectivity index (χ0n) is 12.4. The molecule has 1 N–H and O–H groups in total. The van der Waals surface area contributed by atoms with E-state index in [0.29, 0.717) is 24.8 Å². The minimum absolute atomic E-state index is 0.0117. The fourth-order valence-electron chi connectivity index (χ4n) is 2.62. The molecule has 0 aliphatic carbocycles. The Balaban J connectivity index is 1.99. The number of carbonyl (C=O) groups is 2. The fourth-order valence-corrected chi connectivity index (χ4v) is 3.54. The van der Waals surface area contributed by atoms with Gasteiger partial charge < -0.3 is 5.11 Å². The zero-order chi connectivity index (χ0) is 15.4. The molecule has 1 amide bonds. The third kappa shape index (κ3) is 4.01. The Labute approximate surface area is 128 Å². The van der Waals surface area contributed by atoms with E-state index in [9.17, 15) is 9.59 Å². The summed E-state index contributed by atoms with van der Waals surface area (Å²) in [7, 11) is 0. The van der Waals surface area contributed by atoms with Gasteiger partial charge in [-0.05, 0) is 26.3 Å². The summed E-state index contributed by atoms with van der Waals surface area (Å²) >= 11 is 1.46. The highest BCUT2D eigenvalue weighted by Crippen LogP contribution is 2.23. The number of hydrogen-bond donors (Lipinski definition) is 1. The second-order valence-corrected chi connectivity index (χ2v) is 6.13. The third-order valence-electron chi connectivity index (χ3n) is 3.71. The Morgan fingerprint density at radius 3 is 2.95 bits per heavy atom. The number of rotatable bonds is 5. The van der Waals surface area contributed by atoms with Gasteiger partial charge in [0.15, 0.2) is 5.13 Å². The molecule has 1 aromatic rings. The van der Waals surface area contributed by atoms with Gasteiger partial charge in [-0.3, -0.25) is 19.4 Å². The van der Waals surface area contributed by atoms with Crippen molar-refractivity contribution in [2.45, 2.75) is 33.2 Å². The number of likely N-dealkylation sites (tertiary alicyclic amines) is 1. The van der Waals surface area contributed by atoms with Crippen LogP contribution < -0.4 is 4.90 Å². The Hall–Kier alpha value is -1.47. The molecule has 1 atom stereocenters. The Kier molecular flexibility index (Phi) is 5.30. The Morgan fingerprint density at radius 1 is 1.57 bits per heavy atom. The fraction of sp³-hybridized carbons (Fsp3) is 0.643. The van der Waals surface area contributed by atoms with E-state index >= 15 is 0 Å². The highest BCUT2D eigenvalue weighted by Gasteiger charge is 2.25. The normalized spacial score (nSPS) is 19.4. The average Bonchev–Trinajstić information content (AvgIpc) is 2.87. The van der Waals surface area contributed by atoms with Crippen LogP contribution in [0.15, 0.2) is 5.38 Å². The Bertz CT molecular complexity index is 517. The summed E-state index contributed by atoms with van der Waals surface area (Å²) in [6, 6.07) is 0. The van der Waals surface area contributed by atoms with Crippen molar-refractivity contribution in [2.75, 3.05) is 24.5 Å². The molecule has 1 fully saturated rings. The molecule has 0 saturated carbocycles. The van der Waals surface area contributed by atoms with E-state index in [4.69, 9.17) is 5.11 Å². The average molecular weight is 311 g/mol. The van der Waals surface area contributed by atoms with Crippen LogP contribution in [0.5, 0.6) is 0 Å². The predicted molar refractivity (Wildman–Crippen MR) is 81.5 cm³/mol. The smallest absolute Gasteiger partial charge is 0.307 e. The number of aromatic nitrogens is 1. The molecule has 0 bridgehead atoms. The van der Waals surface area contributed by atoms with Crippen molar-refractivity contribution in [1.29, 1.82) is 0 Å². The largest absolute Gasteiger partial charge is 0.481 e. The van der Waals surface area contributed by atoms with Gasteiger partial charge >= 0.3 is 5.97 Å². The molecule has 7 heteroatoms. The number of hydrogen-bond acceptors (Lipinski definition) is 5. The lowest BCUT2D eigenvalue weighted by atomic mass is 9.98. The van der Waals surface area contributed by atoms with Crippen molar-refractivity contribution in [3.63, 3.8) is 0 Å². The lowest BCUT2D eigenvalue weighted by Gasteiger charge is -2.29. The summed E-state index contributed by atoms with van der Waals surface area (Å²) in [5, 5.41) is 11.8. The van der Waals surface area contributed by atoms with Crippen LogP contribution in [0.1, 0.15) is 32.4 Å². The van der Waals surface area contributed by atoms with Gasteiger partial charge in [0.2, 0.25) is 5.91 Å². The standard InChI is InChI=1S/C14H21N3O3S/c1-3-17(10(2)18)14-15-12(9-21-14)8-16-6-4-5-11(7-16)13(19)20/h9,11H,3-8H2,1-2H3,(H,19,20). The highest BCUT2D eigenvalue weighted by molar-refractivity contribution is 7.14. The summed E-state index contributed by atoms with van der Waals surface area (Å²) in [6.45, 7) is 6.19. The lowest BCUT2D eigenvalue weighted by molar-refractivity contribution is -0.143. The molecule has 21 heavy (non-hydrogen) atoms. The molecule has 0 aromatic carbocycles. The molecule has 1 saturated heterocycles. The predicted octanol–water partition coefficient (Wildman–Crippen LogP) is 1.81. The molecular weight excluding hydrogens is 290 g/mol.